The van der Waals surface area contributed by atoms with Gasteiger partial charge in [0.15, 0.2) is 0 Å². The smallest absolute Gasteiger partial charge is 0.135 e. The summed E-state index contributed by atoms with van der Waals surface area (Å²) < 4.78 is 11.1. The Morgan fingerprint density at radius 2 is 0.925 bits per heavy atom. The second-order valence-electron chi connectivity index (χ2n) is 14.1. The van der Waals surface area contributed by atoms with Crippen molar-refractivity contribution in [3.63, 3.8) is 0 Å². The highest BCUT2D eigenvalue weighted by Gasteiger charge is 2.19. The fourth-order valence-electron chi connectivity index (χ4n) is 8.90. The number of fused-ring (bicyclic) bond motifs is 12. The number of aromatic nitrogens is 2. The van der Waals surface area contributed by atoms with Gasteiger partial charge in [-0.3, -0.25) is 0 Å². The second kappa shape index (κ2) is 10.7. The van der Waals surface area contributed by atoms with Crippen LogP contribution in [-0.4, -0.2) is 9.13 Å². The number of nitrogens with zero attached hydrogens (tertiary/aromatic N) is 2. The number of para-hydroxylation sites is 2. The standard InChI is InChI=1S/C50H30N2O/c1-3-13-36-31(10-1)12-9-18-44(36)52-45-17-7-5-15-38(45)41-28-33(22-26-47(41)52)34-21-25-46-42(29-34)40-24-20-32-11-2-4-14-37(32)50(40)51(46)35-23-27-49-43(30-35)39-16-6-8-19-48(39)53-49/h1-30H. The fraction of sp³-hybridized carbons (Fsp3) is 0. The lowest BCUT2D eigenvalue weighted by Crippen LogP contribution is -1.95. The van der Waals surface area contributed by atoms with Crippen molar-refractivity contribution in [1.82, 2.24) is 9.13 Å². The van der Waals surface area contributed by atoms with Crippen LogP contribution in [0.5, 0.6) is 0 Å². The summed E-state index contributed by atoms with van der Waals surface area (Å²) in [4.78, 5) is 0. The first-order valence-corrected chi connectivity index (χ1v) is 18.2. The van der Waals surface area contributed by atoms with Crippen molar-refractivity contribution in [1.29, 1.82) is 0 Å². The molecule has 0 N–H and O–H groups in total. The van der Waals surface area contributed by atoms with E-state index >= 15 is 0 Å². The summed E-state index contributed by atoms with van der Waals surface area (Å²) in [6.45, 7) is 0. The molecule has 9 aromatic carbocycles. The van der Waals surface area contributed by atoms with Crippen LogP contribution < -0.4 is 0 Å². The summed E-state index contributed by atoms with van der Waals surface area (Å²) in [7, 11) is 0. The first-order chi connectivity index (χ1) is 26.3. The quantitative estimate of drug-likeness (QED) is 0.183. The van der Waals surface area contributed by atoms with Crippen LogP contribution >= 0.6 is 0 Å². The molecule has 3 heterocycles. The highest BCUT2D eigenvalue weighted by molar-refractivity contribution is 6.20. The van der Waals surface area contributed by atoms with Gasteiger partial charge in [-0.25, -0.2) is 0 Å². The fourth-order valence-corrected chi connectivity index (χ4v) is 8.90. The van der Waals surface area contributed by atoms with Crippen LogP contribution in [0.2, 0.25) is 0 Å². The number of rotatable bonds is 3. The van der Waals surface area contributed by atoms with Gasteiger partial charge in [0.2, 0.25) is 0 Å². The normalized spacial score (nSPS) is 12.2. The Labute approximate surface area is 304 Å². The van der Waals surface area contributed by atoms with E-state index in [0.29, 0.717) is 0 Å². The van der Waals surface area contributed by atoms with Gasteiger partial charge in [0.05, 0.1) is 27.8 Å². The molecule has 0 bridgehead atoms. The zero-order chi connectivity index (χ0) is 34.6. The first-order valence-electron chi connectivity index (χ1n) is 18.2. The molecule has 0 spiro atoms. The molecule has 12 rings (SSSR count). The molecule has 0 amide bonds. The van der Waals surface area contributed by atoms with Crippen LogP contribution in [0.25, 0.3) is 110 Å². The van der Waals surface area contributed by atoms with Crippen LogP contribution in [0.15, 0.2) is 186 Å². The van der Waals surface area contributed by atoms with Crippen molar-refractivity contribution in [2.45, 2.75) is 0 Å². The van der Waals surface area contributed by atoms with E-state index in [4.69, 9.17) is 4.42 Å². The van der Waals surface area contributed by atoms with Crippen LogP contribution in [0, 0.1) is 0 Å². The molecule has 0 fully saturated rings. The lowest BCUT2D eigenvalue weighted by atomic mass is 10.00. The molecule has 0 atom stereocenters. The topological polar surface area (TPSA) is 23.0 Å². The Kier molecular flexibility index (Phi) is 5.77. The lowest BCUT2D eigenvalue weighted by Gasteiger charge is -2.12. The minimum absolute atomic E-state index is 0.903. The predicted octanol–water partition coefficient (Wildman–Crippen LogP) is 13.8. The summed E-state index contributed by atoms with van der Waals surface area (Å²) >= 11 is 0. The highest BCUT2D eigenvalue weighted by Crippen LogP contribution is 2.41. The Balaban J connectivity index is 1.10. The number of benzene rings is 9. The molecule has 3 nitrogen and oxygen atoms in total. The number of hydrogen-bond acceptors (Lipinski definition) is 1. The van der Waals surface area contributed by atoms with Gasteiger partial charge in [-0.15, -0.1) is 0 Å². The molecular weight excluding hydrogens is 645 g/mol. The van der Waals surface area contributed by atoms with Gasteiger partial charge in [0.1, 0.15) is 11.2 Å². The second-order valence-corrected chi connectivity index (χ2v) is 14.1. The summed E-state index contributed by atoms with van der Waals surface area (Å²) in [5, 5.41) is 12.2. The molecule has 0 aliphatic heterocycles. The third kappa shape index (κ3) is 4.05. The van der Waals surface area contributed by atoms with Gasteiger partial charge in [-0.2, -0.15) is 0 Å². The molecule has 3 aromatic heterocycles. The van der Waals surface area contributed by atoms with E-state index in [1.807, 2.05) is 12.1 Å². The SMILES string of the molecule is c1ccc2c(-n3c4ccccc4c4cc(-c5ccc6c(c5)c5ccc7ccccc7c5n6-c5ccc6oc7ccccc7c6c5)ccc43)cccc2c1. The van der Waals surface area contributed by atoms with Gasteiger partial charge in [0.25, 0.3) is 0 Å². The Morgan fingerprint density at radius 1 is 0.321 bits per heavy atom. The molecule has 0 aliphatic carbocycles. The average Bonchev–Trinajstić information content (AvgIpc) is 3.87. The highest BCUT2D eigenvalue weighted by atomic mass is 16.3. The molecule has 12 aromatic rings. The zero-order valence-electron chi connectivity index (χ0n) is 28.6. The summed E-state index contributed by atoms with van der Waals surface area (Å²) in [6.07, 6.45) is 0. The third-order valence-corrected chi connectivity index (χ3v) is 11.3. The summed E-state index contributed by atoms with van der Waals surface area (Å²) in [6, 6.07) is 66.2. The van der Waals surface area contributed by atoms with E-state index in [-0.39, 0.29) is 0 Å². The molecule has 3 heteroatoms. The maximum atomic E-state index is 6.23. The number of hydrogen-bond donors (Lipinski definition) is 0. The van der Waals surface area contributed by atoms with Crippen molar-refractivity contribution < 1.29 is 4.42 Å². The third-order valence-electron chi connectivity index (χ3n) is 11.3. The predicted molar refractivity (Wildman–Crippen MR) is 223 cm³/mol. The molecule has 0 saturated carbocycles. The van der Waals surface area contributed by atoms with E-state index in [2.05, 4.69) is 179 Å². The molecular formula is C50H30N2O. The minimum Gasteiger partial charge on any atom is -0.456 e. The maximum absolute atomic E-state index is 6.23. The zero-order valence-corrected chi connectivity index (χ0v) is 28.6. The largest absolute Gasteiger partial charge is 0.456 e. The van der Waals surface area contributed by atoms with Gasteiger partial charge >= 0.3 is 0 Å². The average molecular weight is 675 g/mol. The maximum Gasteiger partial charge on any atom is 0.135 e. The molecule has 53 heavy (non-hydrogen) atoms. The van der Waals surface area contributed by atoms with E-state index in [1.165, 1.54) is 82.0 Å². The van der Waals surface area contributed by atoms with E-state index in [1.54, 1.807) is 0 Å². The molecule has 246 valence electrons. The molecule has 0 unspecified atom stereocenters. The monoisotopic (exact) mass is 674 g/mol. The van der Waals surface area contributed by atoms with Crippen molar-refractivity contribution in [2.24, 2.45) is 0 Å². The van der Waals surface area contributed by atoms with Gasteiger partial charge < -0.3 is 13.6 Å². The van der Waals surface area contributed by atoms with Gasteiger partial charge in [-0.05, 0) is 82.6 Å². The van der Waals surface area contributed by atoms with Crippen molar-refractivity contribution >= 4 is 87.1 Å². The van der Waals surface area contributed by atoms with Crippen LogP contribution in [0.3, 0.4) is 0 Å². The minimum atomic E-state index is 0.903. The first kappa shape index (κ1) is 28.6. The molecule has 0 aliphatic rings. The van der Waals surface area contributed by atoms with Crippen LogP contribution in [0.4, 0.5) is 0 Å². The lowest BCUT2D eigenvalue weighted by molar-refractivity contribution is 0.669. The molecule has 0 radical (unpaired) electrons. The van der Waals surface area contributed by atoms with E-state index in [9.17, 15) is 0 Å². The van der Waals surface area contributed by atoms with Gasteiger partial charge in [0, 0.05) is 48.8 Å². The van der Waals surface area contributed by atoms with E-state index < -0.39 is 0 Å². The van der Waals surface area contributed by atoms with Crippen molar-refractivity contribution in [3.05, 3.63) is 182 Å². The summed E-state index contributed by atoms with van der Waals surface area (Å²) in [5.74, 6) is 0. The van der Waals surface area contributed by atoms with Gasteiger partial charge in [-0.1, -0.05) is 121 Å². The Hall–Kier alpha value is -7.10. The molecule has 0 saturated heterocycles. The van der Waals surface area contributed by atoms with Crippen LogP contribution in [-0.2, 0) is 0 Å². The van der Waals surface area contributed by atoms with E-state index in [0.717, 1.165) is 27.6 Å². The van der Waals surface area contributed by atoms with Crippen LogP contribution in [0.1, 0.15) is 0 Å². The summed E-state index contributed by atoms with van der Waals surface area (Å²) in [5.41, 5.74) is 11.4. The van der Waals surface area contributed by atoms with Crippen molar-refractivity contribution in [2.75, 3.05) is 0 Å². The number of furan rings is 1. The Morgan fingerprint density at radius 3 is 1.75 bits per heavy atom. The van der Waals surface area contributed by atoms with Crippen molar-refractivity contribution in [3.8, 4) is 22.5 Å². The Bertz CT molecular complexity index is 3460.